The maximum absolute atomic E-state index is 12.5. The number of phenols is 2. The fourth-order valence-electron chi connectivity index (χ4n) is 3.27. The van der Waals surface area contributed by atoms with Crippen LogP contribution in [0.15, 0.2) is 54.6 Å². The van der Waals surface area contributed by atoms with Crippen molar-refractivity contribution < 1.29 is 19.7 Å². The van der Waals surface area contributed by atoms with Gasteiger partial charge in [-0.25, -0.2) is 4.79 Å². The monoisotopic (exact) mass is 440 g/mol. The summed E-state index contributed by atoms with van der Waals surface area (Å²) in [6.07, 6.45) is 0.256. The average molecular weight is 441 g/mol. The number of anilines is 3. The first kappa shape index (κ1) is 22.3. The summed E-state index contributed by atoms with van der Waals surface area (Å²) in [6, 6.07) is 15.2. The predicted molar refractivity (Wildman–Crippen MR) is 124 cm³/mol. The van der Waals surface area contributed by atoms with E-state index in [2.05, 4.69) is 10.6 Å². The van der Waals surface area contributed by atoms with Gasteiger partial charge in [0.05, 0.1) is 18.5 Å². The number of halogens is 1. The first-order valence-electron chi connectivity index (χ1n) is 9.77. The number of carbonyl (C=O) groups is 1. The molecular formula is C24H25ClN2O4. The van der Waals surface area contributed by atoms with E-state index < -0.39 is 12.0 Å². The number of rotatable bonds is 7. The van der Waals surface area contributed by atoms with Crippen LogP contribution in [-0.4, -0.2) is 29.3 Å². The first-order valence-corrected chi connectivity index (χ1v) is 10.1. The molecule has 0 aliphatic rings. The van der Waals surface area contributed by atoms with Crippen LogP contribution >= 0.6 is 11.6 Å². The Hall–Kier alpha value is -3.38. The molecule has 3 aromatic carbocycles. The van der Waals surface area contributed by atoms with Gasteiger partial charge in [-0.1, -0.05) is 41.9 Å². The van der Waals surface area contributed by atoms with Crippen LogP contribution in [-0.2, 0) is 16.0 Å². The van der Waals surface area contributed by atoms with Gasteiger partial charge in [0.25, 0.3) is 0 Å². The standard InChI is InChI=1S/C24H25ClN2O4/c1-14-6-4-8-18(22(14)28)26-20-13-17(25)11-10-16(20)12-21(24(30)31-3)27-19-9-5-7-15(2)23(19)29/h4-11,13,21,26-29H,12H2,1-3H3/t21-/m0/s1. The highest BCUT2D eigenvalue weighted by Gasteiger charge is 2.23. The molecule has 1 atom stereocenters. The predicted octanol–water partition coefficient (Wildman–Crippen LogP) is 5.31. The van der Waals surface area contributed by atoms with Gasteiger partial charge in [-0.2, -0.15) is 0 Å². The lowest BCUT2D eigenvalue weighted by molar-refractivity contribution is -0.141. The van der Waals surface area contributed by atoms with Gasteiger partial charge < -0.3 is 25.6 Å². The molecule has 0 unspecified atom stereocenters. The number of methoxy groups -OCH3 is 1. The molecule has 0 saturated heterocycles. The van der Waals surface area contributed by atoms with Crippen molar-refractivity contribution in [1.29, 1.82) is 0 Å². The van der Waals surface area contributed by atoms with E-state index in [4.69, 9.17) is 16.3 Å². The van der Waals surface area contributed by atoms with Crippen molar-refractivity contribution in [2.24, 2.45) is 0 Å². The Balaban J connectivity index is 1.93. The van der Waals surface area contributed by atoms with Crippen molar-refractivity contribution in [3.63, 3.8) is 0 Å². The SMILES string of the molecule is COC(=O)[C@H](Cc1ccc(Cl)cc1Nc1cccc(C)c1O)Nc1cccc(C)c1O. The molecule has 0 aliphatic carbocycles. The van der Waals surface area contributed by atoms with E-state index in [1.54, 1.807) is 43.3 Å². The van der Waals surface area contributed by atoms with Crippen molar-refractivity contribution in [3.8, 4) is 11.5 Å². The maximum atomic E-state index is 12.5. The molecular weight excluding hydrogens is 416 g/mol. The molecule has 4 N–H and O–H groups in total. The van der Waals surface area contributed by atoms with Crippen LogP contribution in [0.4, 0.5) is 17.1 Å². The van der Waals surface area contributed by atoms with Crippen molar-refractivity contribution >= 4 is 34.6 Å². The number of hydrogen-bond acceptors (Lipinski definition) is 6. The molecule has 0 spiro atoms. The normalized spacial score (nSPS) is 11.6. The van der Waals surface area contributed by atoms with Gasteiger partial charge in [-0.05, 0) is 54.8 Å². The summed E-state index contributed by atoms with van der Waals surface area (Å²) in [6.45, 7) is 3.59. The Bertz CT molecular complexity index is 1100. The number of nitrogens with one attached hydrogen (secondary N) is 2. The Morgan fingerprint density at radius 1 is 0.968 bits per heavy atom. The summed E-state index contributed by atoms with van der Waals surface area (Å²) in [5.74, 6) is -0.253. The summed E-state index contributed by atoms with van der Waals surface area (Å²) >= 11 is 6.21. The van der Waals surface area contributed by atoms with Gasteiger partial charge in [-0.3, -0.25) is 0 Å². The molecule has 0 radical (unpaired) electrons. The summed E-state index contributed by atoms with van der Waals surface area (Å²) in [5, 5.41) is 27.5. The molecule has 3 aromatic rings. The number of hydrogen-bond donors (Lipinski definition) is 4. The van der Waals surface area contributed by atoms with Crippen molar-refractivity contribution in [2.45, 2.75) is 26.3 Å². The van der Waals surface area contributed by atoms with Gasteiger partial charge in [0.2, 0.25) is 0 Å². The molecule has 0 aromatic heterocycles. The lowest BCUT2D eigenvalue weighted by Crippen LogP contribution is -2.33. The fourth-order valence-corrected chi connectivity index (χ4v) is 3.44. The van der Waals surface area contributed by atoms with E-state index in [1.165, 1.54) is 7.11 Å². The maximum Gasteiger partial charge on any atom is 0.328 e. The Kier molecular flexibility index (Phi) is 6.92. The molecule has 0 fully saturated rings. The zero-order chi connectivity index (χ0) is 22.5. The zero-order valence-corrected chi connectivity index (χ0v) is 18.3. The Morgan fingerprint density at radius 2 is 1.58 bits per heavy atom. The third-order valence-corrected chi connectivity index (χ3v) is 5.29. The van der Waals surface area contributed by atoms with E-state index in [9.17, 15) is 15.0 Å². The zero-order valence-electron chi connectivity index (χ0n) is 17.6. The summed E-state index contributed by atoms with van der Waals surface area (Å²) < 4.78 is 4.97. The third-order valence-electron chi connectivity index (χ3n) is 5.06. The highest BCUT2D eigenvalue weighted by Crippen LogP contribution is 2.33. The molecule has 3 rings (SSSR count). The average Bonchev–Trinajstić information content (AvgIpc) is 2.75. The molecule has 6 nitrogen and oxygen atoms in total. The van der Waals surface area contributed by atoms with Crippen molar-refractivity contribution in [2.75, 3.05) is 17.7 Å². The van der Waals surface area contributed by atoms with Crippen LogP contribution in [0.3, 0.4) is 0 Å². The third kappa shape index (κ3) is 5.22. The smallest absolute Gasteiger partial charge is 0.328 e. The van der Waals surface area contributed by atoms with Crippen LogP contribution in [0.5, 0.6) is 11.5 Å². The summed E-state index contributed by atoms with van der Waals surface area (Å²) in [4.78, 5) is 12.5. The van der Waals surface area contributed by atoms with Gasteiger partial charge >= 0.3 is 5.97 Å². The van der Waals surface area contributed by atoms with E-state index in [-0.39, 0.29) is 17.9 Å². The minimum atomic E-state index is -0.759. The number of aromatic hydroxyl groups is 2. The minimum Gasteiger partial charge on any atom is -0.506 e. The Labute approximate surface area is 186 Å². The van der Waals surface area contributed by atoms with E-state index in [0.29, 0.717) is 27.6 Å². The molecule has 162 valence electrons. The molecule has 0 bridgehead atoms. The van der Waals surface area contributed by atoms with E-state index >= 15 is 0 Å². The number of ether oxygens (including phenoxy) is 1. The topological polar surface area (TPSA) is 90.8 Å². The van der Waals surface area contributed by atoms with Crippen LogP contribution in [0.1, 0.15) is 16.7 Å². The number of aryl methyl sites for hydroxylation is 2. The second kappa shape index (κ2) is 9.62. The van der Waals surface area contributed by atoms with Crippen molar-refractivity contribution in [3.05, 3.63) is 76.3 Å². The molecule has 0 heterocycles. The largest absolute Gasteiger partial charge is 0.506 e. The first-order chi connectivity index (χ1) is 14.8. The highest BCUT2D eigenvalue weighted by atomic mass is 35.5. The number of esters is 1. The van der Waals surface area contributed by atoms with Crippen LogP contribution < -0.4 is 10.6 Å². The second-order valence-electron chi connectivity index (χ2n) is 7.29. The molecule has 31 heavy (non-hydrogen) atoms. The fraction of sp³-hybridized carbons (Fsp3) is 0.208. The highest BCUT2D eigenvalue weighted by molar-refractivity contribution is 6.30. The molecule has 0 aliphatic heterocycles. The molecule has 7 heteroatoms. The van der Waals surface area contributed by atoms with Gasteiger partial charge in [0.1, 0.15) is 17.5 Å². The number of benzene rings is 3. The number of para-hydroxylation sites is 2. The lowest BCUT2D eigenvalue weighted by atomic mass is 10.0. The second-order valence-corrected chi connectivity index (χ2v) is 7.73. The van der Waals surface area contributed by atoms with Gasteiger partial charge in [-0.15, -0.1) is 0 Å². The molecule has 0 saturated carbocycles. The van der Waals surface area contributed by atoms with Gasteiger partial charge in [0.15, 0.2) is 0 Å². The van der Waals surface area contributed by atoms with E-state index in [0.717, 1.165) is 11.1 Å². The lowest BCUT2D eigenvalue weighted by Gasteiger charge is -2.21. The van der Waals surface area contributed by atoms with Crippen molar-refractivity contribution in [1.82, 2.24) is 0 Å². The molecule has 0 amide bonds. The summed E-state index contributed by atoms with van der Waals surface area (Å²) in [5.41, 5.74) is 3.82. The number of carbonyl (C=O) groups excluding carboxylic acids is 1. The van der Waals surface area contributed by atoms with E-state index in [1.807, 2.05) is 25.1 Å². The quantitative estimate of drug-likeness (QED) is 0.294. The Morgan fingerprint density at radius 3 is 2.23 bits per heavy atom. The minimum absolute atomic E-state index is 0.0792. The van der Waals surface area contributed by atoms with Crippen LogP contribution in [0, 0.1) is 13.8 Å². The van der Waals surface area contributed by atoms with Gasteiger partial charge in [0, 0.05) is 17.1 Å². The number of phenolic OH excluding ortho intramolecular Hbond substituents is 2. The van der Waals surface area contributed by atoms with Crippen LogP contribution in [0.2, 0.25) is 5.02 Å². The van der Waals surface area contributed by atoms with Crippen LogP contribution in [0.25, 0.3) is 0 Å². The summed E-state index contributed by atoms with van der Waals surface area (Å²) in [7, 11) is 1.32.